The molecule has 4 nitrogen and oxygen atoms in total. The largest absolute Gasteiger partial charge is 0.466 e. The Morgan fingerprint density at radius 2 is 2.00 bits per heavy atom. The fraction of sp³-hybridized carbons (Fsp3) is 0.357. The second kappa shape index (κ2) is 4.72. The lowest BCUT2D eigenvalue weighted by Gasteiger charge is -2.14. The molecule has 0 radical (unpaired) electrons. The zero-order valence-corrected chi connectivity index (χ0v) is 11.2. The molecule has 3 N–H and O–H groups in total. The number of nitrogens with zero attached hydrogens (tertiary/aromatic N) is 1. The predicted molar refractivity (Wildman–Crippen MR) is 73.6 cm³/mol. The topological polar surface area (TPSA) is 64.1 Å². The molecule has 2 aromatic rings. The second-order valence-electron chi connectivity index (χ2n) is 4.61. The molecule has 2 aromatic heterocycles. The van der Waals surface area contributed by atoms with Crippen molar-refractivity contribution >= 4 is 11.5 Å². The zero-order chi connectivity index (χ0) is 13.3. The van der Waals surface area contributed by atoms with Crippen LogP contribution in [0.1, 0.15) is 35.7 Å². The minimum Gasteiger partial charge on any atom is -0.466 e. The summed E-state index contributed by atoms with van der Waals surface area (Å²) in [5.41, 5.74) is 8.46. The molecular formula is C14H19N3O. The van der Waals surface area contributed by atoms with Gasteiger partial charge in [0.15, 0.2) is 0 Å². The van der Waals surface area contributed by atoms with Crippen LogP contribution in [0.3, 0.4) is 0 Å². The minimum absolute atomic E-state index is 0.151. The maximum Gasteiger partial charge on any atom is 0.126 e. The van der Waals surface area contributed by atoms with Gasteiger partial charge in [0.05, 0.1) is 17.4 Å². The molecule has 0 aromatic carbocycles. The van der Waals surface area contributed by atoms with Crippen LogP contribution in [0, 0.1) is 20.8 Å². The predicted octanol–water partition coefficient (Wildman–Crippen LogP) is 3.36. The van der Waals surface area contributed by atoms with Crippen molar-refractivity contribution in [3.05, 3.63) is 41.0 Å². The molecule has 0 fully saturated rings. The standard InChI is InChI=1S/C14H19N3O/c1-8-7-12(11(4)18-8)9(2)16-14-6-5-13(15)10(3)17-14/h5-7,9H,15H2,1-4H3,(H,16,17). The Hall–Kier alpha value is -1.97. The Kier molecular flexibility index (Phi) is 3.28. The third-order valence-corrected chi connectivity index (χ3v) is 3.04. The fourth-order valence-corrected chi connectivity index (χ4v) is 2.03. The van der Waals surface area contributed by atoms with Gasteiger partial charge in [0.2, 0.25) is 0 Å². The molecule has 1 unspecified atom stereocenters. The molecule has 4 heteroatoms. The van der Waals surface area contributed by atoms with E-state index in [2.05, 4.69) is 23.3 Å². The molecule has 0 bridgehead atoms. The van der Waals surface area contributed by atoms with Crippen LogP contribution in [-0.4, -0.2) is 4.98 Å². The number of anilines is 2. The summed E-state index contributed by atoms with van der Waals surface area (Å²) < 4.78 is 5.54. The Morgan fingerprint density at radius 3 is 2.56 bits per heavy atom. The average Bonchev–Trinajstić information content (AvgIpc) is 2.63. The number of hydrogen-bond donors (Lipinski definition) is 2. The van der Waals surface area contributed by atoms with E-state index in [1.54, 1.807) is 0 Å². The summed E-state index contributed by atoms with van der Waals surface area (Å²) in [5.74, 6) is 2.70. The van der Waals surface area contributed by atoms with E-state index in [-0.39, 0.29) is 6.04 Å². The lowest BCUT2D eigenvalue weighted by molar-refractivity contribution is 0.500. The zero-order valence-electron chi connectivity index (χ0n) is 11.2. The monoisotopic (exact) mass is 245 g/mol. The molecule has 0 amide bonds. The van der Waals surface area contributed by atoms with Crippen molar-refractivity contribution in [3.8, 4) is 0 Å². The van der Waals surface area contributed by atoms with Gasteiger partial charge < -0.3 is 15.5 Å². The van der Waals surface area contributed by atoms with E-state index in [4.69, 9.17) is 10.2 Å². The van der Waals surface area contributed by atoms with Crippen LogP contribution in [-0.2, 0) is 0 Å². The highest BCUT2D eigenvalue weighted by Crippen LogP contribution is 2.24. The van der Waals surface area contributed by atoms with Crippen molar-refractivity contribution in [2.75, 3.05) is 11.1 Å². The van der Waals surface area contributed by atoms with Gasteiger partial charge in [0.1, 0.15) is 17.3 Å². The molecule has 0 saturated heterocycles. The molecule has 0 aliphatic heterocycles. The first-order valence-corrected chi connectivity index (χ1v) is 6.04. The summed E-state index contributed by atoms with van der Waals surface area (Å²) in [7, 11) is 0. The Morgan fingerprint density at radius 1 is 1.28 bits per heavy atom. The van der Waals surface area contributed by atoms with Crippen LogP contribution in [0.5, 0.6) is 0 Å². The third kappa shape index (κ3) is 2.47. The fourth-order valence-electron chi connectivity index (χ4n) is 2.03. The van der Waals surface area contributed by atoms with E-state index in [9.17, 15) is 0 Å². The number of furan rings is 1. The lowest BCUT2D eigenvalue weighted by Crippen LogP contribution is -2.09. The molecule has 0 spiro atoms. The summed E-state index contributed by atoms with van der Waals surface area (Å²) in [4.78, 5) is 4.41. The van der Waals surface area contributed by atoms with Gasteiger partial charge >= 0.3 is 0 Å². The highest BCUT2D eigenvalue weighted by atomic mass is 16.3. The SMILES string of the molecule is Cc1cc(C(C)Nc2ccc(N)c(C)n2)c(C)o1. The number of nitrogens with two attached hydrogens (primary N) is 1. The number of hydrogen-bond acceptors (Lipinski definition) is 4. The minimum atomic E-state index is 0.151. The quantitative estimate of drug-likeness (QED) is 0.870. The number of rotatable bonds is 3. The van der Waals surface area contributed by atoms with Gasteiger partial charge in [-0.1, -0.05) is 0 Å². The normalized spacial score (nSPS) is 12.4. The van der Waals surface area contributed by atoms with Crippen LogP contribution >= 0.6 is 0 Å². The molecule has 18 heavy (non-hydrogen) atoms. The van der Waals surface area contributed by atoms with Crippen LogP contribution in [0.4, 0.5) is 11.5 Å². The van der Waals surface area contributed by atoms with Crippen molar-refractivity contribution in [2.45, 2.75) is 33.7 Å². The van der Waals surface area contributed by atoms with E-state index in [1.165, 1.54) is 0 Å². The number of aromatic nitrogens is 1. The summed E-state index contributed by atoms with van der Waals surface area (Å²) in [6.07, 6.45) is 0. The first-order chi connectivity index (χ1) is 8.47. The van der Waals surface area contributed by atoms with Crippen LogP contribution < -0.4 is 11.1 Å². The molecule has 2 heterocycles. The van der Waals surface area contributed by atoms with Crippen LogP contribution in [0.25, 0.3) is 0 Å². The molecule has 0 aliphatic carbocycles. The van der Waals surface area contributed by atoms with Gasteiger partial charge in [-0.05, 0) is 45.9 Å². The molecule has 96 valence electrons. The van der Waals surface area contributed by atoms with Crippen molar-refractivity contribution in [1.82, 2.24) is 4.98 Å². The number of pyridine rings is 1. The Bertz CT molecular complexity index is 560. The highest BCUT2D eigenvalue weighted by Gasteiger charge is 2.13. The van der Waals surface area contributed by atoms with Crippen molar-refractivity contribution in [3.63, 3.8) is 0 Å². The lowest BCUT2D eigenvalue weighted by atomic mass is 10.1. The van der Waals surface area contributed by atoms with E-state index in [1.807, 2.05) is 32.9 Å². The van der Waals surface area contributed by atoms with Gasteiger partial charge in [0.25, 0.3) is 0 Å². The van der Waals surface area contributed by atoms with Gasteiger partial charge in [-0.15, -0.1) is 0 Å². The Labute approximate surface area is 107 Å². The molecular weight excluding hydrogens is 226 g/mol. The van der Waals surface area contributed by atoms with Gasteiger partial charge in [-0.25, -0.2) is 4.98 Å². The highest BCUT2D eigenvalue weighted by molar-refractivity contribution is 5.50. The molecule has 0 saturated carbocycles. The first kappa shape index (κ1) is 12.5. The van der Waals surface area contributed by atoms with E-state index >= 15 is 0 Å². The molecule has 2 rings (SSSR count). The summed E-state index contributed by atoms with van der Waals surface area (Å²) in [6.45, 7) is 7.92. The Balaban J connectivity index is 2.18. The van der Waals surface area contributed by atoms with Crippen LogP contribution in [0.15, 0.2) is 22.6 Å². The number of nitrogens with one attached hydrogen (secondary N) is 1. The maximum absolute atomic E-state index is 5.75. The van der Waals surface area contributed by atoms with Gasteiger partial charge in [-0.2, -0.15) is 0 Å². The maximum atomic E-state index is 5.75. The number of aryl methyl sites for hydroxylation is 3. The van der Waals surface area contributed by atoms with Crippen molar-refractivity contribution in [2.24, 2.45) is 0 Å². The smallest absolute Gasteiger partial charge is 0.126 e. The van der Waals surface area contributed by atoms with Crippen LogP contribution in [0.2, 0.25) is 0 Å². The third-order valence-electron chi connectivity index (χ3n) is 3.04. The summed E-state index contributed by atoms with van der Waals surface area (Å²) >= 11 is 0. The van der Waals surface area contributed by atoms with E-state index in [0.29, 0.717) is 5.69 Å². The van der Waals surface area contributed by atoms with Gasteiger partial charge in [-0.3, -0.25) is 0 Å². The summed E-state index contributed by atoms with van der Waals surface area (Å²) in [5, 5.41) is 3.35. The van der Waals surface area contributed by atoms with E-state index < -0.39 is 0 Å². The van der Waals surface area contributed by atoms with Crippen molar-refractivity contribution in [1.29, 1.82) is 0 Å². The van der Waals surface area contributed by atoms with E-state index in [0.717, 1.165) is 28.6 Å². The van der Waals surface area contributed by atoms with Crippen molar-refractivity contribution < 1.29 is 4.42 Å². The number of nitrogen functional groups attached to an aromatic ring is 1. The first-order valence-electron chi connectivity index (χ1n) is 6.04. The van der Waals surface area contributed by atoms with Gasteiger partial charge in [0, 0.05) is 5.56 Å². The molecule has 1 atom stereocenters. The summed E-state index contributed by atoms with van der Waals surface area (Å²) in [6, 6.07) is 5.96. The molecule has 0 aliphatic rings. The second-order valence-corrected chi connectivity index (χ2v) is 4.61. The average molecular weight is 245 g/mol.